The van der Waals surface area contributed by atoms with Crippen LogP contribution >= 0.6 is 0 Å². The van der Waals surface area contributed by atoms with Gasteiger partial charge in [0, 0.05) is 12.6 Å². The van der Waals surface area contributed by atoms with Crippen LogP contribution in [0, 0.1) is 0 Å². The van der Waals surface area contributed by atoms with Crippen LogP contribution in [-0.4, -0.2) is 24.0 Å². The van der Waals surface area contributed by atoms with Crippen LogP contribution < -0.4 is 5.73 Å². The van der Waals surface area contributed by atoms with Gasteiger partial charge in [0.1, 0.15) is 0 Å². The molecule has 2 N–H and O–H groups in total. The van der Waals surface area contributed by atoms with Gasteiger partial charge in [0.2, 0.25) is 0 Å². The molecule has 3 rings (SSSR count). The first kappa shape index (κ1) is 14.1. The molecule has 1 fully saturated rings. The van der Waals surface area contributed by atoms with Gasteiger partial charge in [-0.3, -0.25) is 4.90 Å². The van der Waals surface area contributed by atoms with E-state index in [1.54, 1.807) is 0 Å². The Labute approximate surface area is 123 Å². The Morgan fingerprint density at radius 3 is 2.65 bits per heavy atom. The van der Waals surface area contributed by atoms with Crippen molar-refractivity contribution < 1.29 is 0 Å². The minimum Gasteiger partial charge on any atom is -0.328 e. The molecule has 0 aromatic heterocycles. The van der Waals surface area contributed by atoms with E-state index >= 15 is 0 Å². The summed E-state index contributed by atoms with van der Waals surface area (Å²) >= 11 is 0. The van der Waals surface area contributed by atoms with Gasteiger partial charge in [-0.15, -0.1) is 0 Å². The van der Waals surface area contributed by atoms with Crippen molar-refractivity contribution in [2.45, 2.75) is 63.5 Å². The Morgan fingerprint density at radius 1 is 1.25 bits per heavy atom. The highest BCUT2D eigenvalue weighted by molar-refractivity contribution is 5.39. The number of nitrogens with zero attached hydrogens (tertiary/aromatic N) is 1. The highest BCUT2D eigenvalue weighted by atomic mass is 15.3. The molecule has 0 spiro atoms. The summed E-state index contributed by atoms with van der Waals surface area (Å²) in [5.41, 5.74) is 9.50. The van der Waals surface area contributed by atoms with Crippen LogP contribution in [0.3, 0.4) is 0 Å². The van der Waals surface area contributed by atoms with Gasteiger partial charge in [-0.05, 0) is 55.7 Å². The monoisotopic (exact) mass is 272 g/mol. The van der Waals surface area contributed by atoms with Gasteiger partial charge in [0.15, 0.2) is 0 Å². The lowest BCUT2D eigenvalue weighted by molar-refractivity contribution is 0.0619. The van der Waals surface area contributed by atoms with Crippen LogP contribution in [0.5, 0.6) is 0 Å². The van der Waals surface area contributed by atoms with E-state index < -0.39 is 0 Å². The molecule has 0 radical (unpaired) electrons. The molecule has 2 nitrogen and oxygen atoms in total. The topological polar surface area (TPSA) is 29.3 Å². The molecule has 2 heteroatoms. The van der Waals surface area contributed by atoms with E-state index in [9.17, 15) is 0 Å². The molecule has 0 amide bonds. The average Bonchev–Trinajstić information content (AvgIpc) is 3.31. The maximum atomic E-state index is 6.35. The molecule has 1 aromatic carbocycles. The minimum absolute atomic E-state index is 0.0975. The molecule has 20 heavy (non-hydrogen) atoms. The first-order valence-corrected chi connectivity index (χ1v) is 8.29. The molecule has 2 atom stereocenters. The van der Waals surface area contributed by atoms with Crippen molar-refractivity contribution in [1.29, 1.82) is 0 Å². The second-order valence-electron chi connectivity index (χ2n) is 6.69. The van der Waals surface area contributed by atoms with Crippen molar-refractivity contribution in [1.82, 2.24) is 4.90 Å². The van der Waals surface area contributed by atoms with Gasteiger partial charge in [0.05, 0.1) is 5.54 Å². The smallest absolute Gasteiger partial charge is 0.0589 e. The summed E-state index contributed by atoms with van der Waals surface area (Å²) in [6.45, 7) is 6.59. The fraction of sp³-hybridized carbons (Fsp3) is 0.667. The van der Waals surface area contributed by atoms with E-state index in [1.165, 1.54) is 49.8 Å². The van der Waals surface area contributed by atoms with Crippen molar-refractivity contribution >= 4 is 0 Å². The van der Waals surface area contributed by atoms with Crippen molar-refractivity contribution in [3.05, 3.63) is 35.4 Å². The van der Waals surface area contributed by atoms with Gasteiger partial charge < -0.3 is 5.73 Å². The Kier molecular flexibility index (Phi) is 3.87. The third-order valence-electron chi connectivity index (χ3n) is 5.32. The molecule has 2 unspecified atom stereocenters. The molecule has 0 heterocycles. The number of nitrogens with two attached hydrogens (primary N) is 1. The quantitative estimate of drug-likeness (QED) is 0.887. The number of fused-ring (bicyclic) bond motifs is 1. The number of benzene rings is 1. The molecule has 0 saturated heterocycles. The molecular weight excluding hydrogens is 244 g/mol. The predicted molar refractivity (Wildman–Crippen MR) is 84.8 cm³/mol. The third kappa shape index (κ3) is 2.19. The van der Waals surface area contributed by atoms with Crippen LogP contribution in [-0.2, 0) is 5.54 Å². The minimum atomic E-state index is 0.0975. The third-order valence-corrected chi connectivity index (χ3v) is 5.32. The largest absolute Gasteiger partial charge is 0.328 e. The predicted octanol–water partition coefficient (Wildman–Crippen LogP) is 3.61. The molecule has 110 valence electrons. The van der Waals surface area contributed by atoms with E-state index in [4.69, 9.17) is 5.73 Å². The average molecular weight is 272 g/mol. The second kappa shape index (κ2) is 5.50. The van der Waals surface area contributed by atoms with E-state index in [0.717, 1.165) is 12.6 Å². The van der Waals surface area contributed by atoms with Crippen LogP contribution in [0.1, 0.15) is 63.0 Å². The molecular formula is C18H28N2. The van der Waals surface area contributed by atoms with Gasteiger partial charge in [-0.1, -0.05) is 38.1 Å². The zero-order valence-electron chi connectivity index (χ0n) is 12.9. The highest BCUT2D eigenvalue weighted by Gasteiger charge is 2.47. The fourth-order valence-corrected chi connectivity index (χ4v) is 4.10. The summed E-state index contributed by atoms with van der Waals surface area (Å²) in [6.07, 6.45) is 6.42. The zero-order valence-corrected chi connectivity index (χ0v) is 12.9. The van der Waals surface area contributed by atoms with Gasteiger partial charge in [0.25, 0.3) is 0 Å². The number of hydrogen-bond donors (Lipinski definition) is 1. The number of rotatable bonds is 5. The first-order valence-electron chi connectivity index (χ1n) is 8.29. The van der Waals surface area contributed by atoms with Crippen LogP contribution in [0.15, 0.2) is 24.3 Å². The van der Waals surface area contributed by atoms with Crippen molar-refractivity contribution in [2.75, 3.05) is 13.1 Å². The fourth-order valence-electron chi connectivity index (χ4n) is 4.10. The SMILES string of the molecule is CCCN(C1CC1)C1(CN)CCC(C)c2ccccc21. The van der Waals surface area contributed by atoms with Gasteiger partial charge >= 0.3 is 0 Å². The standard InChI is InChI=1S/C18H28N2/c1-3-12-20(15-8-9-15)18(13-19)11-10-14(2)16-6-4-5-7-17(16)18/h4-7,14-15H,3,8-13,19H2,1-2H3. The lowest BCUT2D eigenvalue weighted by Crippen LogP contribution is -2.54. The van der Waals surface area contributed by atoms with E-state index in [0.29, 0.717) is 5.92 Å². The highest BCUT2D eigenvalue weighted by Crippen LogP contribution is 2.47. The Hall–Kier alpha value is -0.860. The van der Waals surface area contributed by atoms with Crippen LogP contribution in [0.4, 0.5) is 0 Å². The lowest BCUT2D eigenvalue weighted by Gasteiger charge is -2.49. The Morgan fingerprint density at radius 2 is 2.00 bits per heavy atom. The molecule has 2 aliphatic carbocycles. The van der Waals surface area contributed by atoms with Crippen molar-refractivity contribution in [2.24, 2.45) is 5.73 Å². The molecule has 0 bridgehead atoms. The summed E-state index contributed by atoms with van der Waals surface area (Å²) in [5, 5.41) is 0. The normalized spacial score (nSPS) is 29.5. The van der Waals surface area contributed by atoms with Crippen molar-refractivity contribution in [3.63, 3.8) is 0 Å². The maximum Gasteiger partial charge on any atom is 0.0589 e. The summed E-state index contributed by atoms with van der Waals surface area (Å²) in [7, 11) is 0. The Balaban J connectivity index is 2.05. The molecule has 1 aromatic rings. The zero-order chi connectivity index (χ0) is 14.2. The van der Waals surface area contributed by atoms with E-state index in [1.807, 2.05) is 0 Å². The van der Waals surface area contributed by atoms with Gasteiger partial charge in [-0.2, -0.15) is 0 Å². The first-order chi connectivity index (χ1) is 9.73. The van der Waals surface area contributed by atoms with E-state index in [-0.39, 0.29) is 5.54 Å². The molecule has 1 saturated carbocycles. The Bertz CT molecular complexity index is 466. The van der Waals surface area contributed by atoms with Gasteiger partial charge in [-0.25, -0.2) is 0 Å². The lowest BCUT2D eigenvalue weighted by atomic mass is 9.71. The summed E-state index contributed by atoms with van der Waals surface area (Å²) in [4.78, 5) is 2.75. The maximum absolute atomic E-state index is 6.35. The summed E-state index contributed by atoms with van der Waals surface area (Å²) in [5.74, 6) is 0.675. The van der Waals surface area contributed by atoms with Crippen molar-refractivity contribution in [3.8, 4) is 0 Å². The summed E-state index contributed by atoms with van der Waals surface area (Å²) in [6, 6.07) is 9.81. The second-order valence-corrected chi connectivity index (χ2v) is 6.69. The van der Waals surface area contributed by atoms with Crippen LogP contribution in [0.2, 0.25) is 0 Å². The molecule has 0 aliphatic heterocycles. The number of hydrogen-bond acceptors (Lipinski definition) is 2. The summed E-state index contributed by atoms with van der Waals surface area (Å²) < 4.78 is 0. The van der Waals surface area contributed by atoms with Crippen LogP contribution in [0.25, 0.3) is 0 Å². The molecule has 2 aliphatic rings. The van der Waals surface area contributed by atoms with E-state index in [2.05, 4.69) is 43.0 Å².